The van der Waals surface area contributed by atoms with Gasteiger partial charge in [0.15, 0.2) is 0 Å². The predicted octanol–water partition coefficient (Wildman–Crippen LogP) is 2.69. The SMILES string of the molecule is Cc1c([N+](=O)[O-])ccc(-c2ccc(N)nc2)c1F. The molecule has 6 heteroatoms. The molecule has 2 aromatic rings. The van der Waals surface area contributed by atoms with Crippen molar-refractivity contribution in [2.45, 2.75) is 6.92 Å². The van der Waals surface area contributed by atoms with Crippen molar-refractivity contribution in [1.82, 2.24) is 4.98 Å². The van der Waals surface area contributed by atoms with Gasteiger partial charge in [-0.2, -0.15) is 0 Å². The van der Waals surface area contributed by atoms with Gasteiger partial charge in [0, 0.05) is 23.4 Å². The fraction of sp³-hybridized carbons (Fsp3) is 0.0833. The number of nitrogens with two attached hydrogens (primary N) is 1. The van der Waals surface area contributed by atoms with Gasteiger partial charge in [-0.3, -0.25) is 10.1 Å². The highest BCUT2D eigenvalue weighted by Gasteiger charge is 2.18. The molecule has 1 aromatic carbocycles. The summed E-state index contributed by atoms with van der Waals surface area (Å²) in [5, 5.41) is 10.7. The molecular weight excluding hydrogens is 237 g/mol. The number of nitrogen functional groups attached to an aromatic ring is 1. The molecule has 2 N–H and O–H groups in total. The summed E-state index contributed by atoms with van der Waals surface area (Å²) in [7, 11) is 0. The molecule has 2 rings (SSSR count). The van der Waals surface area contributed by atoms with Crippen LogP contribution in [-0.2, 0) is 0 Å². The van der Waals surface area contributed by atoms with Gasteiger partial charge in [0.05, 0.1) is 10.5 Å². The van der Waals surface area contributed by atoms with E-state index in [9.17, 15) is 14.5 Å². The number of nitrogens with zero attached hydrogens (tertiary/aromatic N) is 2. The Morgan fingerprint density at radius 1 is 1.33 bits per heavy atom. The third kappa shape index (κ3) is 2.00. The molecule has 0 spiro atoms. The Morgan fingerprint density at radius 3 is 2.61 bits per heavy atom. The van der Waals surface area contributed by atoms with Gasteiger partial charge in [-0.05, 0) is 25.1 Å². The lowest BCUT2D eigenvalue weighted by atomic mass is 10.0. The van der Waals surface area contributed by atoms with Crippen molar-refractivity contribution in [3.8, 4) is 11.1 Å². The normalized spacial score (nSPS) is 10.3. The summed E-state index contributed by atoms with van der Waals surface area (Å²) in [6.07, 6.45) is 1.43. The highest BCUT2D eigenvalue weighted by atomic mass is 19.1. The van der Waals surface area contributed by atoms with Crippen molar-refractivity contribution in [2.75, 3.05) is 5.73 Å². The average molecular weight is 247 g/mol. The molecule has 0 fully saturated rings. The van der Waals surface area contributed by atoms with Crippen LogP contribution in [0.1, 0.15) is 5.56 Å². The Hall–Kier alpha value is -2.50. The number of halogens is 1. The monoisotopic (exact) mass is 247 g/mol. The average Bonchev–Trinajstić information content (AvgIpc) is 2.33. The number of pyridine rings is 1. The van der Waals surface area contributed by atoms with Crippen molar-refractivity contribution >= 4 is 11.5 Å². The van der Waals surface area contributed by atoms with Gasteiger partial charge in [0.25, 0.3) is 5.69 Å². The van der Waals surface area contributed by atoms with E-state index in [0.717, 1.165) is 0 Å². The molecular formula is C12H10FN3O2. The standard InChI is InChI=1S/C12H10FN3O2/c1-7-10(16(17)18)4-3-9(12(7)13)8-2-5-11(14)15-6-8/h2-6H,1H3,(H2,14,15). The Balaban J connectivity index is 2.57. The number of nitro benzene ring substituents is 1. The molecule has 0 aliphatic carbocycles. The molecule has 1 heterocycles. The van der Waals surface area contributed by atoms with Crippen LogP contribution >= 0.6 is 0 Å². The molecule has 18 heavy (non-hydrogen) atoms. The lowest BCUT2D eigenvalue weighted by Gasteiger charge is -2.06. The van der Waals surface area contributed by atoms with E-state index >= 15 is 0 Å². The lowest BCUT2D eigenvalue weighted by Crippen LogP contribution is -1.97. The van der Waals surface area contributed by atoms with E-state index in [0.29, 0.717) is 11.4 Å². The first kappa shape index (κ1) is 12.0. The molecule has 0 bridgehead atoms. The summed E-state index contributed by atoms with van der Waals surface area (Å²) in [6.45, 7) is 1.38. The highest BCUT2D eigenvalue weighted by molar-refractivity contribution is 5.67. The van der Waals surface area contributed by atoms with E-state index in [-0.39, 0.29) is 16.8 Å². The maximum absolute atomic E-state index is 14.0. The summed E-state index contributed by atoms with van der Waals surface area (Å²) in [6, 6.07) is 5.81. The molecule has 0 radical (unpaired) electrons. The fourth-order valence-electron chi connectivity index (χ4n) is 1.66. The number of hydrogen-bond acceptors (Lipinski definition) is 4. The van der Waals surface area contributed by atoms with Gasteiger partial charge < -0.3 is 5.73 Å². The minimum Gasteiger partial charge on any atom is -0.384 e. The molecule has 0 aliphatic rings. The number of nitro groups is 1. The molecule has 5 nitrogen and oxygen atoms in total. The summed E-state index contributed by atoms with van der Waals surface area (Å²) >= 11 is 0. The van der Waals surface area contributed by atoms with Gasteiger partial charge in [0.2, 0.25) is 0 Å². The van der Waals surface area contributed by atoms with E-state index in [1.165, 1.54) is 25.3 Å². The van der Waals surface area contributed by atoms with E-state index in [2.05, 4.69) is 4.98 Å². The van der Waals surface area contributed by atoms with Crippen molar-refractivity contribution in [3.63, 3.8) is 0 Å². The second-order valence-corrected chi connectivity index (χ2v) is 3.80. The first-order valence-corrected chi connectivity index (χ1v) is 5.16. The second kappa shape index (κ2) is 4.40. The zero-order valence-corrected chi connectivity index (χ0v) is 9.55. The third-order valence-electron chi connectivity index (χ3n) is 2.65. The van der Waals surface area contributed by atoms with E-state index in [4.69, 9.17) is 5.73 Å². The Labute approximate surface area is 102 Å². The van der Waals surface area contributed by atoms with Gasteiger partial charge in [0.1, 0.15) is 11.6 Å². The van der Waals surface area contributed by atoms with Gasteiger partial charge in [-0.1, -0.05) is 0 Å². The van der Waals surface area contributed by atoms with Crippen LogP contribution in [0.3, 0.4) is 0 Å². The molecule has 0 amide bonds. The molecule has 92 valence electrons. The molecule has 1 aromatic heterocycles. The van der Waals surface area contributed by atoms with Crippen molar-refractivity contribution in [2.24, 2.45) is 0 Å². The Bertz CT molecular complexity index is 611. The second-order valence-electron chi connectivity index (χ2n) is 3.80. The van der Waals surface area contributed by atoms with Gasteiger partial charge in [-0.15, -0.1) is 0 Å². The maximum Gasteiger partial charge on any atom is 0.275 e. The number of anilines is 1. The molecule has 0 atom stereocenters. The fourth-order valence-corrected chi connectivity index (χ4v) is 1.66. The molecule has 0 aliphatic heterocycles. The summed E-state index contributed by atoms with van der Waals surface area (Å²) in [5.41, 5.74) is 6.01. The number of rotatable bonds is 2. The minimum absolute atomic E-state index is 0.00863. The molecule has 0 unspecified atom stereocenters. The number of hydrogen-bond donors (Lipinski definition) is 1. The largest absolute Gasteiger partial charge is 0.384 e. The topological polar surface area (TPSA) is 82.0 Å². The van der Waals surface area contributed by atoms with Crippen LogP contribution in [0.5, 0.6) is 0 Å². The number of benzene rings is 1. The van der Waals surface area contributed by atoms with Gasteiger partial charge >= 0.3 is 0 Å². The van der Waals surface area contributed by atoms with E-state index < -0.39 is 10.7 Å². The Morgan fingerprint density at radius 2 is 2.06 bits per heavy atom. The van der Waals surface area contributed by atoms with Crippen LogP contribution in [0, 0.1) is 22.9 Å². The quantitative estimate of drug-likeness (QED) is 0.653. The zero-order valence-electron chi connectivity index (χ0n) is 9.55. The lowest BCUT2D eigenvalue weighted by molar-refractivity contribution is -0.385. The summed E-state index contributed by atoms with van der Waals surface area (Å²) < 4.78 is 14.0. The van der Waals surface area contributed by atoms with E-state index in [1.807, 2.05) is 0 Å². The van der Waals surface area contributed by atoms with Crippen LogP contribution in [0.4, 0.5) is 15.9 Å². The number of aromatic nitrogens is 1. The van der Waals surface area contributed by atoms with Crippen LogP contribution in [0.2, 0.25) is 0 Å². The summed E-state index contributed by atoms with van der Waals surface area (Å²) in [5.74, 6) is -0.284. The Kier molecular flexibility index (Phi) is 2.93. The van der Waals surface area contributed by atoms with Crippen LogP contribution in [0.25, 0.3) is 11.1 Å². The molecule has 0 saturated carbocycles. The van der Waals surface area contributed by atoms with Crippen LogP contribution in [0.15, 0.2) is 30.5 Å². The highest BCUT2D eigenvalue weighted by Crippen LogP contribution is 2.29. The maximum atomic E-state index is 14.0. The smallest absolute Gasteiger partial charge is 0.275 e. The van der Waals surface area contributed by atoms with Crippen molar-refractivity contribution in [1.29, 1.82) is 0 Å². The third-order valence-corrected chi connectivity index (χ3v) is 2.65. The predicted molar refractivity (Wildman–Crippen MR) is 65.4 cm³/mol. The van der Waals surface area contributed by atoms with Crippen molar-refractivity contribution < 1.29 is 9.31 Å². The first-order valence-electron chi connectivity index (χ1n) is 5.16. The zero-order chi connectivity index (χ0) is 13.3. The first-order chi connectivity index (χ1) is 8.50. The minimum atomic E-state index is -0.615. The summed E-state index contributed by atoms with van der Waals surface area (Å²) in [4.78, 5) is 13.9. The van der Waals surface area contributed by atoms with Crippen LogP contribution in [-0.4, -0.2) is 9.91 Å². The van der Waals surface area contributed by atoms with Crippen LogP contribution < -0.4 is 5.73 Å². The van der Waals surface area contributed by atoms with Crippen molar-refractivity contribution in [3.05, 3.63) is 52.0 Å². The molecule has 0 saturated heterocycles. The van der Waals surface area contributed by atoms with Gasteiger partial charge in [-0.25, -0.2) is 9.37 Å². The van der Waals surface area contributed by atoms with E-state index in [1.54, 1.807) is 12.1 Å².